The molecule has 0 radical (unpaired) electrons. The Kier molecular flexibility index (Phi) is 6.82. The fraction of sp³-hybridized carbons (Fsp3) is 0.722. The molecule has 120 valence electrons. The van der Waals surface area contributed by atoms with Gasteiger partial charge in [0.05, 0.1) is 5.69 Å². The van der Waals surface area contributed by atoms with Crippen molar-refractivity contribution in [2.24, 2.45) is 5.41 Å². The summed E-state index contributed by atoms with van der Waals surface area (Å²) >= 11 is 0. The van der Waals surface area contributed by atoms with Crippen molar-refractivity contribution >= 4 is 0 Å². The number of pyridine rings is 1. The van der Waals surface area contributed by atoms with E-state index in [1.165, 1.54) is 12.8 Å². The van der Waals surface area contributed by atoms with E-state index in [1.54, 1.807) is 0 Å². The van der Waals surface area contributed by atoms with Crippen molar-refractivity contribution in [1.29, 1.82) is 0 Å². The molecule has 0 saturated carbocycles. The van der Waals surface area contributed by atoms with Gasteiger partial charge in [0.15, 0.2) is 0 Å². The van der Waals surface area contributed by atoms with Crippen LogP contribution in [0.25, 0.3) is 0 Å². The van der Waals surface area contributed by atoms with Gasteiger partial charge in [0.25, 0.3) is 0 Å². The minimum absolute atomic E-state index is 0.175. The molecule has 0 saturated heterocycles. The SMILES string of the molecule is CCCC(C)(CNC(C)(C)C)CN(C)Cc1ccccn1. The van der Waals surface area contributed by atoms with Crippen molar-refractivity contribution in [1.82, 2.24) is 15.2 Å². The zero-order valence-corrected chi connectivity index (χ0v) is 14.7. The van der Waals surface area contributed by atoms with E-state index in [2.05, 4.69) is 69.0 Å². The molecule has 1 rings (SSSR count). The maximum atomic E-state index is 4.42. The van der Waals surface area contributed by atoms with Crippen molar-refractivity contribution in [3.63, 3.8) is 0 Å². The standard InChI is InChI=1S/C18H33N3/c1-7-11-18(5,14-20-17(2,3)4)15-21(6)13-16-10-8-9-12-19-16/h8-10,12,20H,7,11,13-15H2,1-6H3. The summed E-state index contributed by atoms with van der Waals surface area (Å²) < 4.78 is 0. The molecular formula is C18H33N3. The zero-order valence-electron chi connectivity index (χ0n) is 14.7. The molecule has 0 amide bonds. The van der Waals surface area contributed by atoms with Crippen LogP contribution in [0.15, 0.2) is 24.4 Å². The lowest BCUT2D eigenvalue weighted by Crippen LogP contribution is -2.46. The summed E-state index contributed by atoms with van der Waals surface area (Å²) in [5.41, 5.74) is 1.61. The van der Waals surface area contributed by atoms with Gasteiger partial charge >= 0.3 is 0 Å². The van der Waals surface area contributed by atoms with Gasteiger partial charge < -0.3 is 5.32 Å². The molecule has 0 spiro atoms. The summed E-state index contributed by atoms with van der Waals surface area (Å²) in [5, 5.41) is 3.67. The summed E-state index contributed by atoms with van der Waals surface area (Å²) in [6.45, 7) is 14.4. The van der Waals surface area contributed by atoms with Crippen LogP contribution in [0.4, 0.5) is 0 Å². The number of nitrogens with zero attached hydrogens (tertiary/aromatic N) is 2. The molecule has 21 heavy (non-hydrogen) atoms. The number of nitrogens with one attached hydrogen (secondary N) is 1. The highest BCUT2D eigenvalue weighted by Gasteiger charge is 2.27. The van der Waals surface area contributed by atoms with Crippen molar-refractivity contribution < 1.29 is 0 Å². The highest BCUT2D eigenvalue weighted by atomic mass is 15.1. The molecule has 3 heteroatoms. The third kappa shape index (κ3) is 7.58. The molecule has 0 aliphatic carbocycles. The summed E-state index contributed by atoms with van der Waals surface area (Å²) in [4.78, 5) is 6.81. The minimum atomic E-state index is 0.175. The average Bonchev–Trinajstić information content (AvgIpc) is 2.37. The Morgan fingerprint density at radius 3 is 2.43 bits per heavy atom. The smallest absolute Gasteiger partial charge is 0.0543 e. The Balaban J connectivity index is 2.59. The van der Waals surface area contributed by atoms with E-state index < -0.39 is 0 Å². The predicted molar refractivity (Wildman–Crippen MR) is 91.3 cm³/mol. The summed E-state index contributed by atoms with van der Waals surface area (Å²) in [5.74, 6) is 0. The number of rotatable bonds is 8. The van der Waals surface area contributed by atoms with E-state index in [-0.39, 0.29) is 5.54 Å². The molecule has 0 aromatic carbocycles. The molecule has 0 aliphatic rings. The van der Waals surface area contributed by atoms with E-state index in [0.29, 0.717) is 5.41 Å². The Bertz CT molecular complexity index is 397. The topological polar surface area (TPSA) is 28.2 Å². The minimum Gasteiger partial charge on any atom is -0.311 e. The van der Waals surface area contributed by atoms with Gasteiger partial charge in [-0.25, -0.2) is 0 Å². The fourth-order valence-corrected chi connectivity index (χ4v) is 2.78. The van der Waals surface area contributed by atoms with Gasteiger partial charge in [-0.1, -0.05) is 26.3 Å². The van der Waals surface area contributed by atoms with Gasteiger partial charge in [0.1, 0.15) is 0 Å². The van der Waals surface area contributed by atoms with Crippen LogP contribution in [0.5, 0.6) is 0 Å². The highest BCUT2D eigenvalue weighted by molar-refractivity contribution is 5.03. The highest BCUT2D eigenvalue weighted by Crippen LogP contribution is 2.25. The monoisotopic (exact) mass is 291 g/mol. The third-order valence-corrected chi connectivity index (χ3v) is 3.71. The van der Waals surface area contributed by atoms with E-state index in [0.717, 1.165) is 25.3 Å². The van der Waals surface area contributed by atoms with Gasteiger partial charge in [-0.2, -0.15) is 0 Å². The van der Waals surface area contributed by atoms with Gasteiger partial charge in [0.2, 0.25) is 0 Å². The first kappa shape index (κ1) is 18.1. The van der Waals surface area contributed by atoms with Crippen LogP contribution >= 0.6 is 0 Å². The van der Waals surface area contributed by atoms with Crippen molar-refractivity contribution in [2.75, 3.05) is 20.1 Å². The molecule has 0 bridgehead atoms. The first-order valence-electron chi connectivity index (χ1n) is 8.08. The lowest BCUT2D eigenvalue weighted by molar-refractivity contribution is 0.156. The van der Waals surface area contributed by atoms with Gasteiger partial charge in [-0.3, -0.25) is 9.88 Å². The van der Waals surface area contributed by atoms with Crippen LogP contribution in [0.2, 0.25) is 0 Å². The van der Waals surface area contributed by atoms with Gasteiger partial charge in [-0.15, -0.1) is 0 Å². The second-order valence-corrected chi connectivity index (χ2v) is 7.66. The van der Waals surface area contributed by atoms with Crippen molar-refractivity contribution in [2.45, 2.75) is 59.5 Å². The molecule has 1 N–H and O–H groups in total. The first-order chi connectivity index (χ1) is 9.74. The molecule has 0 fully saturated rings. The van der Waals surface area contributed by atoms with E-state index in [9.17, 15) is 0 Å². The second-order valence-electron chi connectivity index (χ2n) is 7.66. The molecule has 1 heterocycles. The summed E-state index contributed by atoms with van der Waals surface area (Å²) in [6, 6.07) is 6.13. The molecule has 1 atom stereocenters. The maximum absolute atomic E-state index is 4.42. The molecular weight excluding hydrogens is 258 g/mol. The Hall–Kier alpha value is -0.930. The van der Waals surface area contributed by atoms with Crippen LogP contribution in [0.3, 0.4) is 0 Å². The van der Waals surface area contributed by atoms with E-state index in [4.69, 9.17) is 0 Å². The normalized spacial score (nSPS) is 15.2. The molecule has 0 aliphatic heterocycles. The van der Waals surface area contributed by atoms with E-state index >= 15 is 0 Å². The predicted octanol–water partition coefficient (Wildman–Crippen LogP) is 3.71. The lowest BCUT2D eigenvalue weighted by Gasteiger charge is -2.36. The van der Waals surface area contributed by atoms with Crippen molar-refractivity contribution in [3.8, 4) is 0 Å². The largest absolute Gasteiger partial charge is 0.311 e. The number of aromatic nitrogens is 1. The lowest BCUT2D eigenvalue weighted by atomic mass is 9.84. The van der Waals surface area contributed by atoms with E-state index in [1.807, 2.05) is 12.3 Å². The number of hydrogen-bond acceptors (Lipinski definition) is 3. The molecule has 1 aromatic rings. The van der Waals surface area contributed by atoms with Crippen LogP contribution < -0.4 is 5.32 Å². The first-order valence-corrected chi connectivity index (χ1v) is 8.08. The summed E-state index contributed by atoms with van der Waals surface area (Å²) in [6.07, 6.45) is 4.33. The van der Waals surface area contributed by atoms with Gasteiger partial charge in [-0.05, 0) is 51.8 Å². The second kappa shape index (κ2) is 7.90. The Labute approximate surface area is 131 Å². The zero-order chi connectivity index (χ0) is 15.9. The van der Waals surface area contributed by atoms with Crippen molar-refractivity contribution in [3.05, 3.63) is 30.1 Å². The molecule has 1 aromatic heterocycles. The van der Waals surface area contributed by atoms with Gasteiger partial charge in [0, 0.05) is 31.4 Å². The number of hydrogen-bond donors (Lipinski definition) is 1. The van der Waals surface area contributed by atoms with Crippen LogP contribution in [0.1, 0.15) is 53.2 Å². The fourth-order valence-electron chi connectivity index (χ4n) is 2.78. The summed E-state index contributed by atoms with van der Waals surface area (Å²) in [7, 11) is 2.19. The Morgan fingerprint density at radius 2 is 1.90 bits per heavy atom. The average molecular weight is 291 g/mol. The molecule has 3 nitrogen and oxygen atoms in total. The van der Waals surface area contributed by atoms with Crippen LogP contribution in [-0.4, -0.2) is 35.6 Å². The molecule has 1 unspecified atom stereocenters. The van der Waals surface area contributed by atoms with Crippen LogP contribution in [-0.2, 0) is 6.54 Å². The van der Waals surface area contributed by atoms with Crippen LogP contribution in [0, 0.1) is 5.41 Å². The third-order valence-electron chi connectivity index (χ3n) is 3.71. The Morgan fingerprint density at radius 1 is 1.19 bits per heavy atom. The quantitative estimate of drug-likeness (QED) is 0.791. The maximum Gasteiger partial charge on any atom is 0.0543 e.